The Morgan fingerprint density at radius 3 is 2.91 bits per heavy atom. The summed E-state index contributed by atoms with van der Waals surface area (Å²) >= 11 is 0. The summed E-state index contributed by atoms with van der Waals surface area (Å²) in [6, 6.07) is 0. The molecule has 2 N–H and O–H groups in total. The van der Waals surface area contributed by atoms with Gasteiger partial charge in [-0.05, 0) is 31.1 Å². The molecular weight excluding hydrogens is 138 g/mol. The van der Waals surface area contributed by atoms with Crippen LogP contribution in [0.1, 0.15) is 32.1 Å². The van der Waals surface area contributed by atoms with Crippen LogP contribution in [0.3, 0.4) is 0 Å². The molecule has 2 heteroatoms. The van der Waals surface area contributed by atoms with Gasteiger partial charge in [0.2, 0.25) is 5.91 Å². The van der Waals surface area contributed by atoms with Crippen molar-refractivity contribution >= 4 is 5.91 Å². The van der Waals surface area contributed by atoms with E-state index in [4.69, 9.17) is 5.73 Å². The van der Waals surface area contributed by atoms with E-state index >= 15 is 0 Å². The maximum absolute atomic E-state index is 10.8. The van der Waals surface area contributed by atoms with Crippen molar-refractivity contribution in [3.63, 3.8) is 0 Å². The molecule has 2 fully saturated rings. The topological polar surface area (TPSA) is 43.1 Å². The van der Waals surface area contributed by atoms with Gasteiger partial charge in [0.15, 0.2) is 0 Å². The molecule has 0 aliphatic heterocycles. The minimum atomic E-state index is -0.0831. The van der Waals surface area contributed by atoms with E-state index in [2.05, 4.69) is 6.42 Å². The molecule has 0 bridgehead atoms. The van der Waals surface area contributed by atoms with Gasteiger partial charge in [0.25, 0.3) is 0 Å². The first-order valence-electron chi connectivity index (χ1n) is 4.36. The number of hydrogen-bond acceptors (Lipinski definition) is 1. The molecule has 1 radical (unpaired) electrons. The van der Waals surface area contributed by atoms with Gasteiger partial charge in [-0.2, -0.15) is 0 Å². The van der Waals surface area contributed by atoms with Gasteiger partial charge >= 0.3 is 0 Å². The monoisotopic (exact) mass is 152 g/mol. The van der Waals surface area contributed by atoms with E-state index in [1.165, 1.54) is 19.3 Å². The van der Waals surface area contributed by atoms with E-state index in [1.807, 2.05) is 0 Å². The molecule has 2 aliphatic rings. The number of carbonyl (C=O) groups is 1. The molecule has 2 rings (SSSR count). The average Bonchev–Trinajstić information content (AvgIpc) is 2.66. The van der Waals surface area contributed by atoms with Crippen LogP contribution in [0, 0.1) is 17.8 Å². The maximum Gasteiger partial charge on any atom is 0.221 e. The lowest BCUT2D eigenvalue weighted by atomic mass is 9.84. The Bertz CT molecular complexity index is 182. The molecule has 2 nitrogen and oxygen atoms in total. The molecule has 0 saturated heterocycles. The van der Waals surface area contributed by atoms with Gasteiger partial charge < -0.3 is 5.73 Å². The number of primary amides is 1. The average molecular weight is 152 g/mol. The molecule has 2 saturated carbocycles. The number of hydrogen-bond donors (Lipinski definition) is 1. The summed E-state index contributed by atoms with van der Waals surface area (Å²) in [7, 11) is 0. The summed E-state index contributed by atoms with van der Waals surface area (Å²) in [4.78, 5) is 10.8. The lowest BCUT2D eigenvalue weighted by Crippen LogP contribution is -2.20. The summed E-state index contributed by atoms with van der Waals surface area (Å²) in [6.45, 7) is 0. The smallest absolute Gasteiger partial charge is 0.221 e. The molecule has 0 aromatic heterocycles. The number of carbonyl (C=O) groups excluding carboxylic acids is 1. The van der Waals surface area contributed by atoms with E-state index < -0.39 is 0 Å². The second-order valence-electron chi connectivity index (χ2n) is 3.91. The van der Waals surface area contributed by atoms with Crippen molar-refractivity contribution in [3.8, 4) is 0 Å². The minimum absolute atomic E-state index is 0.0831. The van der Waals surface area contributed by atoms with Crippen molar-refractivity contribution in [2.45, 2.75) is 32.1 Å². The fraction of sp³-hybridized carbons (Fsp3) is 0.778. The van der Waals surface area contributed by atoms with E-state index in [9.17, 15) is 4.79 Å². The summed E-state index contributed by atoms with van der Waals surface area (Å²) in [5, 5.41) is 0. The van der Waals surface area contributed by atoms with Crippen LogP contribution in [0.5, 0.6) is 0 Å². The SMILES string of the molecule is NC(=O)C1CC12C[CH]CCC2. The molecule has 0 heterocycles. The van der Waals surface area contributed by atoms with E-state index in [0.29, 0.717) is 5.41 Å². The van der Waals surface area contributed by atoms with Gasteiger partial charge in [-0.3, -0.25) is 4.79 Å². The summed E-state index contributed by atoms with van der Waals surface area (Å²) in [5.41, 5.74) is 5.59. The van der Waals surface area contributed by atoms with Crippen LogP contribution in [0.25, 0.3) is 0 Å². The van der Waals surface area contributed by atoms with E-state index in [0.717, 1.165) is 12.8 Å². The van der Waals surface area contributed by atoms with E-state index in [1.54, 1.807) is 0 Å². The largest absolute Gasteiger partial charge is 0.369 e. The second-order valence-corrected chi connectivity index (χ2v) is 3.91. The summed E-state index contributed by atoms with van der Waals surface area (Å²) in [5.74, 6) is 0.124. The molecule has 11 heavy (non-hydrogen) atoms. The highest BCUT2D eigenvalue weighted by Gasteiger charge is 2.56. The molecule has 61 valence electrons. The van der Waals surface area contributed by atoms with Crippen molar-refractivity contribution in [1.29, 1.82) is 0 Å². The fourth-order valence-corrected chi connectivity index (χ4v) is 2.34. The lowest BCUT2D eigenvalue weighted by molar-refractivity contribution is -0.120. The van der Waals surface area contributed by atoms with Gasteiger partial charge in [0.1, 0.15) is 0 Å². The summed E-state index contributed by atoms with van der Waals surface area (Å²) in [6.07, 6.45) is 8.19. The van der Waals surface area contributed by atoms with Crippen LogP contribution in [0.15, 0.2) is 0 Å². The van der Waals surface area contributed by atoms with E-state index in [-0.39, 0.29) is 11.8 Å². The van der Waals surface area contributed by atoms with Crippen LogP contribution in [-0.4, -0.2) is 5.91 Å². The van der Waals surface area contributed by atoms with Crippen molar-refractivity contribution in [3.05, 3.63) is 6.42 Å². The third-order valence-electron chi connectivity index (χ3n) is 3.17. The third-order valence-corrected chi connectivity index (χ3v) is 3.17. The van der Waals surface area contributed by atoms with Crippen molar-refractivity contribution in [1.82, 2.24) is 0 Å². The minimum Gasteiger partial charge on any atom is -0.369 e. The second kappa shape index (κ2) is 2.23. The van der Waals surface area contributed by atoms with Gasteiger partial charge in [-0.25, -0.2) is 0 Å². The van der Waals surface area contributed by atoms with Crippen LogP contribution < -0.4 is 5.73 Å². The Labute approximate surface area is 67.1 Å². The van der Waals surface area contributed by atoms with Crippen LogP contribution in [0.2, 0.25) is 0 Å². The van der Waals surface area contributed by atoms with Gasteiger partial charge in [0, 0.05) is 5.92 Å². The quantitative estimate of drug-likeness (QED) is 0.604. The molecule has 2 unspecified atom stereocenters. The lowest BCUT2D eigenvalue weighted by Gasteiger charge is -2.21. The van der Waals surface area contributed by atoms with Gasteiger partial charge in [0.05, 0.1) is 0 Å². The van der Waals surface area contributed by atoms with Crippen molar-refractivity contribution < 1.29 is 4.79 Å². The van der Waals surface area contributed by atoms with Gasteiger partial charge in [-0.15, -0.1) is 0 Å². The molecule has 2 aliphatic carbocycles. The Kier molecular flexibility index (Phi) is 1.44. The Hall–Kier alpha value is -0.530. The van der Waals surface area contributed by atoms with Crippen molar-refractivity contribution in [2.24, 2.45) is 17.1 Å². The number of amides is 1. The summed E-state index contributed by atoms with van der Waals surface area (Å²) < 4.78 is 0. The number of nitrogens with two attached hydrogens (primary N) is 1. The highest BCUT2D eigenvalue weighted by atomic mass is 16.1. The normalized spacial score (nSPS) is 33.6. The van der Waals surface area contributed by atoms with Crippen LogP contribution >= 0.6 is 0 Å². The zero-order valence-corrected chi connectivity index (χ0v) is 6.68. The molecular formula is C9H14NO. The predicted molar refractivity (Wildman–Crippen MR) is 42.5 cm³/mol. The van der Waals surface area contributed by atoms with Crippen molar-refractivity contribution in [2.75, 3.05) is 0 Å². The fourth-order valence-electron chi connectivity index (χ4n) is 2.34. The molecule has 2 atom stereocenters. The van der Waals surface area contributed by atoms with Crippen LogP contribution in [-0.2, 0) is 4.79 Å². The highest BCUT2D eigenvalue weighted by Crippen LogP contribution is 2.60. The Balaban J connectivity index is 1.99. The standard InChI is InChI=1S/C9H14NO/c10-8(11)7-6-9(7)4-2-1-3-5-9/h2,7H,1,3-6H2,(H2,10,11). The first kappa shape index (κ1) is 7.14. The van der Waals surface area contributed by atoms with Crippen LogP contribution in [0.4, 0.5) is 0 Å². The molecule has 0 aromatic rings. The molecule has 1 amide bonds. The third kappa shape index (κ3) is 1.05. The Morgan fingerprint density at radius 1 is 1.64 bits per heavy atom. The first-order valence-corrected chi connectivity index (χ1v) is 4.36. The first-order chi connectivity index (χ1) is 5.25. The maximum atomic E-state index is 10.8. The molecule has 1 spiro atoms. The zero-order chi connectivity index (χ0) is 7.90. The van der Waals surface area contributed by atoms with Gasteiger partial charge in [-0.1, -0.05) is 12.8 Å². The number of rotatable bonds is 1. The molecule has 0 aromatic carbocycles. The highest BCUT2D eigenvalue weighted by molar-refractivity contribution is 5.80. The zero-order valence-electron chi connectivity index (χ0n) is 6.68. The predicted octanol–water partition coefficient (Wildman–Crippen LogP) is 1.26. The Morgan fingerprint density at radius 2 is 2.45 bits per heavy atom.